The highest BCUT2D eigenvalue weighted by Gasteiger charge is 2.63. The number of nitrogens with zero attached hydrogens (tertiary/aromatic N) is 2. The summed E-state index contributed by atoms with van der Waals surface area (Å²) in [6.45, 7) is 5.80. The fraction of sp³-hybridized carbons (Fsp3) is 0.259. The van der Waals surface area contributed by atoms with E-state index in [0.29, 0.717) is 5.75 Å². The van der Waals surface area contributed by atoms with Gasteiger partial charge in [-0.25, -0.2) is 18.0 Å². The molecule has 2 aliphatic heterocycles. The topological polar surface area (TPSA) is 178 Å². The van der Waals surface area contributed by atoms with Crippen LogP contribution in [0.2, 0.25) is 0 Å². The third-order valence-electron chi connectivity index (χ3n) is 6.44. The van der Waals surface area contributed by atoms with E-state index < -0.39 is 60.9 Å². The van der Waals surface area contributed by atoms with Gasteiger partial charge in [0, 0.05) is 6.21 Å². The number of carbonyl (C=O) groups is 3. The normalized spacial score (nSPS) is 21.2. The zero-order valence-electron chi connectivity index (χ0n) is 22.6. The monoisotopic (exact) mass is 616 g/mol. The van der Waals surface area contributed by atoms with Crippen LogP contribution in [0.4, 0.5) is 0 Å². The Kier molecular flexibility index (Phi) is 8.82. The summed E-state index contributed by atoms with van der Waals surface area (Å²) in [7, 11) is -8.55. The number of nitrogens with one attached hydrogen (secondary N) is 2. The zero-order chi connectivity index (χ0) is 30.7. The number of β-lactam (4-membered cyclic amide) rings is 1. The van der Waals surface area contributed by atoms with Crippen molar-refractivity contribution in [2.24, 2.45) is 5.10 Å². The van der Waals surface area contributed by atoms with E-state index >= 15 is 0 Å². The molecular formula is C27H28N4O9S2. The van der Waals surface area contributed by atoms with Crippen LogP contribution in [0.5, 0.6) is 5.75 Å². The van der Waals surface area contributed by atoms with E-state index in [2.05, 4.69) is 17.0 Å². The lowest BCUT2D eigenvalue weighted by Crippen LogP contribution is -2.76. The van der Waals surface area contributed by atoms with Crippen molar-refractivity contribution >= 4 is 43.9 Å². The lowest BCUT2D eigenvalue weighted by molar-refractivity contribution is -0.153. The number of ether oxygens (including phenoxy) is 2. The van der Waals surface area contributed by atoms with E-state index in [9.17, 15) is 31.2 Å². The van der Waals surface area contributed by atoms with Gasteiger partial charge in [-0.1, -0.05) is 48.6 Å². The lowest BCUT2D eigenvalue weighted by atomic mass is 10.0. The molecule has 3 unspecified atom stereocenters. The van der Waals surface area contributed by atoms with Crippen LogP contribution in [0, 0.1) is 6.92 Å². The van der Waals surface area contributed by atoms with E-state index in [1.54, 1.807) is 49.4 Å². The van der Waals surface area contributed by atoms with Crippen LogP contribution < -0.4 is 14.9 Å². The molecule has 0 spiro atoms. The number of amides is 2. The lowest BCUT2D eigenvalue weighted by Gasteiger charge is -2.50. The Morgan fingerprint density at radius 3 is 2.40 bits per heavy atom. The van der Waals surface area contributed by atoms with Crippen LogP contribution >= 0.6 is 0 Å². The van der Waals surface area contributed by atoms with Gasteiger partial charge in [0.05, 0.1) is 4.90 Å². The Labute approximate surface area is 242 Å². The zero-order valence-corrected chi connectivity index (χ0v) is 24.2. The first-order chi connectivity index (χ1) is 19.9. The largest absolute Gasteiger partial charge is 0.484 e. The third-order valence-corrected chi connectivity index (χ3v) is 10.0. The van der Waals surface area contributed by atoms with Crippen LogP contribution in [0.1, 0.15) is 12.5 Å². The third kappa shape index (κ3) is 6.06. The van der Waals surface area contributed by atoms with Gasteiger partial charge in [-0.3, -0.25) is 14.5 Å². The Morgan fingerprint density at radius 1 is 1.10 bits per heavy atom. The van der Waals surface area contributed by atoms with Crippen LogP contribution in [0.15, 0.2) is 88.5 Å². The maximum Gasteiger partial charge on any atom is 0.355 e. The van der Waals surface area contributed by atoms with Gasteiger partial charge in [0.2, 0.25) is 0 Å². The molecule has 222 valence electrons. The standard InChI is InChI=1S/C27H28N4O9S2/c1-4-14-39-27(34)24-18(3)21(15-28-30-42(37,38)20-12-10-17(2)11-13-20)41(35,36)26-23(25(33)31(24)26)29-22(32)16-40-19-8-6-5-7-9-19/h4-13,15,21,23,26,30H,1,14,16H2,2-3H3,(H,29,32)/b28-15+. The summed E-state index contributed by atoms with van der Waals surface area (Å²) < 4.78 is 63.1. The highest BCUT2D eigenvalue weighted by atomic mass is 32.2. The quantitative estimate of drug-likeness (QED) is 0.121. The fourth-order valence-electron chi connectivity index (χ4n) is 4.37. The van der Waals surface area contributed by atoms with Gasteiger partial charge in [-0.2, -0.15) is 13.5 Å². The van der Waals surface area contributed by atoms with E-state index in [0.717, 1.165) is 16.7 Å². The fourth-order valence-corrected chi connectivity index (χ4v) is 7.37. The van der Waals surface area contributed by atoms with Crippen LogP contribution in [0.25, 0.3) is 0 Å². The molecular weight excluding hydrogens is 588 g/mol. The number of esters is 1. The predicted molar refractivity (Wildman–Crippen MR) is 151 cm³/mol. The Hall–Kier alpha value is -4.50. The number of fused-ring (bicyclic) bond motifs is 1. The summed E-state index contributed by atoms with van der Waals surface area (Å²) in [6.07, 6.45) is 2.10. The summed E-state index contributed by atoms with van der Waals surface area (Å²) >= 11 is 0. The van der Waals surface area contributed by atoms with Crippen molar-refractivity contribution in [3.05, 3.63) is 84.1 Å². The number of rotatable bonds is 11. The molecule has 0 bridgehead atoms. The minimum absolute atomic E-state index is 0.103. The van der Waals surface area contributed by atoms with Crippen LogP contribution in [0.3, 0.4) is 0 Å². The Bertz CT molecular complexity index is 1670. The predicted octanol–water partition coefficient (Wildman–Crippen LogP) is 0.791. The number of para-hydroxylation sites is 1. The van der Waals surface area contributed by atoms with Crippen LogP contribution in [-0.2, 0) is 39.0 Å². The number of hydrazone groups is 1. The van der Waals surface area contributed by atoms with Crippen molar-refractivity contribution in [2.75, 3.05) is 13.2 Å². The average Bonchev–Trinajstić information content (AvgIpc) is 2.95. The molecule has 2 aromatic rings. The molecule has 2 aromatic carbocycles. The van der Waals surface area contributed by atoms with Crippen molar-refractivity contribution in [2.45, 2.75) is 35.4 Å². The summed E-state index contributed by atoms with van der Waals surface area (Å²) in [5.41, 5.74) is 0.352. The summed E-state index contributed by atoms with van der Waals surface area (Å²) in [5, 5.41) is 2.69. The van der Waals surface area contributed by atoms with Gasteiger partial charge in [-0.05, 0) is 43.7 Å². The second-order valence-corrected chi connectivity index (χ2v) is 13.2. The van der Waals surface area contributed by atoms with E-state index in [4.69, 9.17) is 9.47 Å². The second-order valence-electron chi connectivity index (χ2n) is 9.36. The van der Waals surface area contributed by atoms with E-state index in [1.807, 2.05) is 4.83 Å². The number of aryl methyl sites for hydroxylation is 1. The maximum atomic E-state index is 13.7. The van der Waals surface area contributed by atoms with Crippen molar-refractivity contribution in [1.29, 1.82) is 0 Å². The summed E-state index contributed by atoms with van der Waals surface area (Å²) in [6, 6.07) is 12.7. The first-order valence-electron chi connectivity index (χ1n) is 12.5. The van der Waals surface area contributed by atoms with Gasteiger partial charge in [0.25, 0.3) is 21.8 Å². The number of carbonyl (C=O) groups excluding carboxylic acids is 3. The maximum absolute atomic E-state index is 13.7. The Morgan fingerprint density at radius 2 is 1.76 bits per heavy atom. The van der Waals surface area contributed by atoms with Gasteiger partial charge in [0.15, 0.2) is 21.8 Å². The molecule has 0 aromatic heterocycles. The number of sulfonamides is 1. The van der Waals surface area contributed by atoms with Crippen molar-refractivity contribution in [3.63, 3.8) is 0 Å². The molecule has 13 nitrogen and oxygen atoms in total. The first-order valence-corrected chi connectivity index (χ1v) is 15.6. The molecule has 1 saturated heterocycles. The molecule has 4 rings (SSSR count). The highest BCUT2D eigenvalue weighted by molar-refractivity contribution is 7.93. The number of hydrogen-bond acceptors (Lipinski definition) is 10. The van der Waals surface area contributed by atoms with E-state index in [-0.39, 0.29) is 22.8 Å². The molecule has 0 aliphatic carbocycles. The van der Waals surface area contributed by atoms with Crippen molar-refractivity contribution in [1.82, 2.24) is 15.0 Å². The second kappa shape index (κ2) is 12.2. The minimum atomic E-state index is -4.40. The van der Waals surface area contributed by atoms with Gasteiger partial charge < -0.3 is 14.8 Å². The summed E-state index contributed by atoms with van der Waals surface area (Å²) in [4.78, 5) is 41.2. The SMILES string of the molecule is C=CCOC(=O)C1=C(C)C(/C=N/NS(=O)(=O)c2ccc(C)cc2)S(=O)(=O)C2C(NC(=O)COc3ccccc3)C(=O)N12. The molecule has 2 heterocycles. The van der Waals surface area contributed by atoms with Crippen LogP contribution in [-0.4, -0.2) is 75.6 Å². The molecule has 0 radical (unpaired) electrons. The molecule has 15 heteroatoms. The molecule has 42 heavy (non-hydrogen) atoms. The van der Waals surface area contributed by atoms with Crippen molar-refractivity contribution in [3.8, 4) is 5.75 Å². The van der Waals surface area contributed by atoms with Crippen molar-refractivity contribution < 1.29 is 40.7 Å². The molecule has 2 amide bonds. The molecule has 1 fully saturated rings. The summed E-state index contributed by atoms with van der Waals surface area (Å²) in [5.74, 6) is -2.24. The number of hydrogen-bond donors (Lipinski definition) is 2. The molecule has 3 atom stereocenters. The average molecular weight is 617 g/mol. The minimum Gasteiger partial charge on any atom is -0.484 e. The van der Waals surface area contributed by atoms with Gasteiger partial charge >= 0.3 is 5.97 Å². The highest BCUT2D eigenvalue weighted by Crippen LogP contribution is 2.40. The Balaban J connectivity index is 1.61. The molecule has 0 saturated carbocycles. The molecule has 2 N–H and O–H groups in total. The number of sulfone groups is 1. The molecule has 2 aliphatic rings. The first kappa shape index (κ1) is 30.5. The van der Waals surface area contributed by atoms with Gasteiger partial charge in [-0.15, -0.1) is 0 Å². The van der Waals surface area contributed by atoms with E-state index in [1.165, 1.54) is 25.1 Å². The van der Waals surface area contributed by atoms with Gasteiger partial charge in [0.1, 0.15) is 29.3 Å². The smallest absolute Gasteiger partial charge is 0.355 e. The number of benzene rings is 2.